The van der Waals surface area contributed by atoms with Crippen LogP contribution in [-0.2, 0) is 9.53 Å². The third-order valence-electron chi connectivity index (χ3n) is 3.50. The zero-order valence-corrected chi connectivity index (χ0v) is 14.7. The van der Waals surface area contributed by atoms with Crippen LogP contribution in [0.4, 0.5) is 5.69 Å². The van der Waals surface area contributed by atoms with E-state index in [9.17, 15) is 14.9 Å². The summed E-state index contributed by atoms with van der Waals surface area (Å²) >= 11 is 11.9. The summed E-state index contributed by atoms with van der Waals surface area (Å²) in [6, 6.07) is 8.69. The number of methoxy groups -OCH3 is 1. The first-order chi connectivity index (χ1) is 12.4. The Morgan fingerprint density at radius 2 is 2.00 bits per heavy atom. The summed E-state index contributed by atoms with van der Waals surface area (Å²) in [4.78, 5) is 26.6. The van der Waals surface area contributed by atoms with E-state index in [0.717, 1.165) is 0 Å². The van der Waals surface area contributed by atoms with Crippen LogP contribution in [0.1, 0.15) is 11.1 Å². The Hall–Kier alpha value is -2.90. The highest BCUT2D eigenvalue weighted by molar-refractivity contribution is 6.35. The van der Waals surface area contributed by atoms with Crippen LogP contribution in [0, 0.1) is 10.1 Å². The minimum absolute atomic E-state index is 0.00205. The van der Waals surface area contributed by atoms with Gasteiger partial charge in [0.25, 0.3) is 5.69 Å². The number of aliphatic imine (C=N–C) groups is 1. The van der Waals surface area contributed by atoms with Gasteiger partial charge < -0.3 is 9.47 Å². The monoisotopic (exact) mass is 392 g/mol. The summed E-state index contributed by atoms with van der Waals surface area (Å²) in [5, 5.41) is 11.8. The molecule has 1 heterocycles. The Bertz CT molecular complexity index is 985. The second-order valence-electron chi connectivity index (χ2n) is 5.14. The molecule has 26 heavy (non-hydrogen) atoms. The second-order valence-corrected chi connectivity index (χ2v) is 5.99. The van der Waals surface area contributed by atoms with E-state index in [2.05, 4.69) is 4.99 Å². The van der Waals surface area contributed by atoms with Gasteiger partial charge in [0.05, 0.1) is 17.6 Å². The van der Waals surface area contributed by atoms with Crippen LogP contribution in [0.2, 0.25) is 10.0 Å². The molecule has 0 spiro atoms. The molecule has 0 N–H and O–H groups in total. The van der Waals surface area contributed by atoms with Crippen molar-refractivity contribution in [1.82, 2.24) is 0 Å². The lowest BCUT2D eigenvalue weighted by molar-refractivity contribution is -0.384. The molecule has 7 nitrogen and oxygen atoms in total. The smallest absolute Gasteiger partial charge is 0.363 e. The van der Waals surface area contributed by atoms with Crippen LogP contribution < -0.4 is 4.74 Å². The Morgan fingerprint density at radius 3 is 2.65 bits per heavy atom. The first kappa shape index (κ1) is 17.9. The van der Waals surface area contributed by atoms with Crippen molar-refractivity contribution in [3.05, 3.63) is 73.4 Å². The lowest BCUT2D eigenvalue weighted by atomic mass is 10.1. The van der Waals surface area contributed by atoms with Gasteiger partial charge >= 0.3 is 5.97 Å². The van der Waals surface area contributed by atoms with Gasteiger partial charge in [0.1, 0.15) is 5.75 Å². The number of esters is 1. The van der Waals surface area contributed by atoms with Crippen LogP contribution in [0.3, 0.4) is 0 Å². The number of nitrogens with zero attached hydrogens (tertiary/aromatic N) is 2. The van der Waals surface area contributed by atoms with Crippen molar-refractivity contribution >= 4 is 46.8 Å². The number of carbonyl (C=O) groups excluding carboxylic acids is 1. The van der Waals surface area contributed by atoms with Gasteiger partial charge in [0.2, 0.25) is 5.90 Å². The fraction of sp³-hybridized carbons (Fsp3) is 0.0588. The van der Waals surface area contributed by atoms with Gasteiger partial charge in [-0.1, -0.05) is 29.3 Å². The number of nitro groups is 1. The molecule has 2 aromatic rings. The van der Waals surface area contributed by atoms with Crippen molar-refractivity contribution in [2.75, 3.05) is 7.11 Å². The van der Waals surface area contributed by atoms with E-state index >= 15 is 0 Å². The standard InChI is InChI=1S/C17H10Cl2N2O5/c1-25-15-5-4-11(21(23)24)8-12(15)16-20-14(17(22)26-16)6-9-2-3-10(18)7-13(9)19/h2-8H,1H3/b14-6+. The molecule has 2 aromatic carbocycles. The summed E-state index contributed by atoms with van der Waals surface area (Å²) in [7, 11) is 1.40. The van der Waals surface area contributed by atoms with Crippen LogP contribution in [0.15, 0.2) is 47.1 Å². The van der Waals surface area contributed by atoms with E-state index in [4.69, 9.17) is 32.7 Å². The van der Waals surface area contributed by atoms with Gasteiger partial charge in [-0.3, -0.25) is 10.1 Å². The SMILES string of the molecule is COc1ccc([N+](=O)[O-])cc1C1=N/C(=C/c2ccc(Cl)cc2Cl)C(=O)O1. The largest absolute Gasteiger partial charge is 0.496 e. The number of ether oxygens (including phenoxy) is 2. The molecule has 1 aliphatic rings. The molecule has 0 aliphatic carbocycles. The van der Waals surface area contributed by atoms with Crippen molar-refractivity contribution < 1.29 is 19.2 Å². The second kappa shape index (κ2) is 7.15. The van der Waals surface area contributed by atoms with Gasteiger partial charge in [-0.15, -0.1) is 0 Å². The number of rotatable bonds is 4. The van der Waals surface area contributed by atoms with E-state index in [0.29, 0.717) is 15.6 Å². The van der Waals surface area contributed by atoms with Crippen LogP contribution in [-0.4, -0.2) is 23.9 Å². The lowest BCUT2D eigenvalue weighted by Crippen LogP contribution is -2.07. The van der Waals surface area contributed by atoms with E-state index in [1.54, 1.807) is 12.1 Å². The van der Waals surface area contributed by atoms with E-state index in [-0.39, 0.29) is 28.6 Å². The minimum Gasteiger partial charge on any atom is -0.496 e. The molecule has 0 bridgehead atoms. The highest BCUT2D eigenvalue weighted by atomic mass is 35.5. The first-order valence-corrected chi connectivity index (χ1v) is 7.95. The quantitative estimate of drug-likeness (QED) is 0.335. The van der Waals surface area contributed by atoms with Crippen LogP contribution in [0.25, 0.3) is 6.08 Å². The highest BCUT2D eigenvalue weighted by Crippen LogP contribution is 2.30. The number of halogens is 2. The molecular formula is C17H10Cl2N2O5. The average Bonchev–Trinajstić information content (AvgIpc) is 2.97. The first-order valence-electron chi connectivity index (χ1n) is 7.19. The number of hydrogen-bond donors (Lipinski definition) is 0. The number of hydrogen-bond acceptors (Lipinski definition) is 6. The van der Waals surface area contributed by atoms with Crippen LogP contribution >= 0.6 is 23.2 Å². The van der Waals surface area contributed by atoms with Gasteiger partial charge in [0, 0.05) is 22.2 Å². The Balaban J connectivity index is 2.04. The summed E-state index contributed by atoms with van der Waals surface area (Å²) in [6.07, 6.45) is 1.44. The number of carbonyl (C=O) groups is 1. The molecule has 0 aromatic heterocycles. The van der Waals surface area contributed by atoms with Crippen molar-refractivity contribution in [2.24, 2.45) is 4.99 Å². The molecule has 132 valence electrons. The van der Waals surface area contributed by atoms with E-state index in [1.807, 2.05) is 0 Å². The molecular weight excluding hydrogens is 383 g/mol. The maximum absolute atomic E-state index is 12.1. The maximum Gasteiger partial charge on any atom is 0.363 e. The van der Waals surface area contributed by atoms with E-state index in [1.165, 1.54) is 37.5 Å². The number of non-ortho nitro benzene ring substituents is 1. The molecule has 0 amide bonds. The molecule has 3 rings (SSSR count). The normalized spacial score (nSPS) is 15.0. The van der Waals surface area contributed by atoms with Crippen molar-refractivity contribution in [2.45, 2.75) is 0 Å². The van der Waals surface area contributed by atoms with Crippen LogP contribution in [0.5, 0.6) is 5.75 Å². The molecule has 0 unspecified atom stereocenters. The highest BCUT2D eigenvalue weighted by Gasteiger charge is 2.28. The van der Waals surface area contributed by atoms with Gasteiger partial charge in [-0.25, -0.2) is 9.79 Å². The van der Waals surface area contributed by atoms with Gasteiger partial charge in [-0.2, -0.15) is 0 Å². The van der Waals surface area contributed by atoms with Crippen molar-refractivity contribution in [3.8, 4) is 5.75 Å². The Kier molecular flexibility index (Phi) is 4.92. The molecule has 0 saturated carbocycles. The fourth-order valence-electron chi connectivity index (χ4n) is 2.27. The van der Waals surface area contributed by atoms with Crippen molar-refractivity contribution in [3.63, 3.8) is 0 Å². The summed E-state index contributed by atoms with van der Waals surface area (Å²) in [5.41, 5.74) is 0.537. The molecule has 9 heteroatoms. The zero-order valence-electron chi connectivity index (χ0n) is 13.2. The molecule has 0 atom stereocenters. The molecule has 0 radical (unpaired) electrons. The zero-order chi connectivity index (χ0) is 18.8. The number of nitro benzene ring substituents is 1. The summed E-state index contributed by atoms with van der Waals surface area (Å²) < 4.78 is 10.3. The minimum atomic E-state index is -0.709. The van der Waals surface area contributed by atoms with Gasteiger partial charge in [0.15, 0.2) is 5.70 Å². The average molecular weight is 393 g/mol. The lowest BCUT2D eigenvalue weighted by Gasteiger charge is -2.06. The Labute approximate surface area is 157 Å². The number of cyclic esters (lactones) is 1. The van der Waals surface area contributed by atoms with E-state index < -0.39 is 10.9 Å². The maximum atomic E-state index is 12.1. The molecule has 0 saturated heterocycles. The third-order valence-corrected chi connectivity index (χ3v) is 4.06. The summed E-state index contributed by atoms with van der Waals surface area (Å²) in [6.45, 7) is 0. The molecule has 0 fully saturated rings. The Morgan fingerprint density at radius 1 is 1.23 bits per heavy atom. The third kappa shape index (κ3) is 3.54. The topological polar surface area (TPSA) is 91.0 Å². The summed E-state index contributed by atoms with van der Waals surface area (Å²) in [5.74, 6) is -0.514. The molecule has 1 aliphatic heterocycles. The predicted molar refractivity (Wildman–Crippen MR) is 96.7 cm³/mol. The number of benzene rings is 2. The van der Waals surface area contributed by atoms with Gasteiger partial charge in [-0.05, 0) is 29.8 Å². The predicted octanol–water partition coefficient (Wildman–Crippen LogP) is 4.25. The van der Waals surface area contributed by atoms with Crippen molar-refractivity contribution in [1.29, 1.82) is 0 Å². The fourth-order valence-corrected chi connectivity index (χ4v) is 2.73.